The van der Waals surface area contributed by atoms with Crippen molar-refractivity contribution in [3.05, 3.63) is 82.0 Å². The van der Waals surface area contributed by atoms with E-state index in [4.69, 9.17) is 29.2 Å². The lowest BCUT2D eigenvalue weighted by Gasteiger charge is -2.09. The second kappa shape index (κ2) is 12.1. The first kappa shape index (κ1) is 24.3. The Kier molecular flexibility index (Phi) is 8.39. The zero-order valence-electron chi connectivity index (χ0n) is 19.0. The van der Waals surface area contributed by atoms with Crippen molar-refractivity contribution in [1.29, 1.82) is 0 Å². The highest BCUT2D eigenvalue weighted by Crippen LogP contribution is 2.25. The van der Waals surface area contributed by atoms with Crippen molar-refractivity contribution < 1.29 is 28.5 Å². The van der Waals surface area contributed by atoms with Gasteiger partial charge in [-0.2, -0.15) is 0 Å². The average molecular weight is 480 g/mol. The minimum absolute atomic E-state index is 0.184. The second-order valence-electron chi connectivity index (χ2n) is 7.29. The van der Waals surface area contributed by atoms with Gasteiger partial charge in [0.1, 0.15) is 0 Å². The van der Waals surface area contributed by atoms with Crippen molar-refractivity contribution in [2.75, 3.05) is 33.0 Å². The van der Waals surface area contributed by atoms with Gasteiger partial charge in [0.2, 0.25) is 0 Å². The molecule has 35 heavy (non-hydrogen) atoms. The van der Waals surface area contributed by atoms with Gasteiger partial charge < -0.3 is 23.7 Å². The summed E-state index contributed by atoms with van der Waals surface area (Å²) in [4.78, 5) is 14.2. The van der Waals surface area contributed by atoms with Gasteiger partial charge in [-0.25, -0.2) is 9.48 Å². The minimum Gasteiger partial charge on any atom is -0.461 e. The molecule has 0 saturated carbocycles. The number of carbonyl (C=O) groups is 1. The molecular weight excluding hydrogens is 456 g/mol. The Morgan fingerprint density at radius 3 is 2.06 bits per heavy atom. The predicted molar refractivity (Wildman–Crippen MR) is 122 cm³/mol. The minimum atomic E-state index is -0.479. The van der Waals surface area contributed by atoms with E-state index in [9.17, 15) is 4.79 Å². The van der Waals surface area contributed by atoms with E-state index in [1.54, 1.807) is 19.1 Å². The molecule has 3 heterocycles. The van der Waals surface area contributed by atoms with Crippen LogP contribution in [0.2, 0.25) is 0 Å². The van der Waals surface area contributed by atoms with E-state index in [-0.39, 0.29) is 18.3 Å². The van der Waals surface area contributed by atoms with Crippen molar-refractivity contribution in [2.24, 2.45) is 5.11 Å². The van der Waals surface area contributed by atoms with Gasteiger partial charge in [-0.15, -0.1) is 5.10 Å². The molecule has 0 N–H and O–H groups in total. The van der Waals surface area contributed by atoms with E-state index >= 15 is 0 Å². The SMILES string of the molecule is CCOC(=O)c1cn(-c2ccc(C3OCCO3)cc2)nn1.[N-]=[N+]=Nc1ccc(C2OCCO2)cc1. The first-order valence-corrected chi connectivity index (χ1v) is 11.0. The van der Waals surface area contributed by atoms with Gasteiger partial charge >= 0.3 is 5.97 Å². The monoisotopic (exact) mass is 480 g/mol. The molecule has 2 saturated heterocycles. The van der Waals surface area contributed by atoms with Crippen molar-refractivity contribution in [3.63, 3.8) is 0 Å². The maximum absolute atomic E-state index is 11.5. The molecule has 2 aliphatic heterocycles. The Labute approximate surface area is 200 Å². The summed E-state index contributed by atoms with van der Waals surface area (Å²) < 4.78 is 27.9. The van der Waals surface area contributed by atoms with Crippen LogP contribution in [0.4, 0.5) is 5.69 Å². The maximum atomic E-state index is 11.5. The van der Waals surface area contributed by atoms with E-state index < -0.39 is 5.97 Å². The Bertz CT molecular complexity index is 1150. The van der Waals surface area contributed by atoms with E-state index in [1.165, 1.54) is 10.9 Å². The number of benzene rings is 2. The number of azide groups is 1. The smallest absolute Gasteiger partial charge is 0.360 e. The van der Waals surface area contributed by atoms with Gasteiger partial charge in [0.05, 0.1) is 44.9 Å². The average Bonchev–Trinajstić information content (AvgIpc) is 3.68. The summed E-state index contributed by atoms with van der Waals surface area (Å²) >= 11 is 0. The number of esters is 1. The molecule has 0 aliphatic carbocycles. The molecule has 0 bridgehead atoms. The number of rotatable bonds is 6. The molecule has 3 aromatic rings. The second-order valence-corrected chi connectivity index (χ2v) is 7.29. The molecule has 2 fully saturated rings. The molecule has 0 radical (unpaired) electrons. The van der Waals surface area contributed by atoms with Crippen LogP contribution >= 0.6 is 0 Å². The Morgan fingerprint density at radius 2 is 1.54 bits per heavy atom. The van der Waals surface area contributed by atoms with Crippen LogP contribution in [0.15, 0.2) is 59.8 Å². The standard InChI is InChI=1S/C14H15N3O4.C9H9N3O2/c1-2-19-13(18)12-9-17(16-15-12)11-5-3-10(4-6-11)14-20-7-8-21-14;10-12-11-8-3-1-7(2-4-8)9-13-5-6-14-9/h3-6,9,14H,2,7-8H2,1H3;1-4,9H,5-6H2. The molecule has 0 unspecified atom stereocenters. The van der Waals surface area contributed by atoms with Crippen molar-refractivity contribution in [3.8, 4) is 5.69 Å². The summed E-state index contributed by atoms with van der Waals surface area (Å²) in [6.45, 7) is 4.53. The Balaban J connectivity index is 0.000000179. The first-order chi connectivity index (χ1) is 17.2. The van der Waals surface area contributed by atoms with E-state index in [2.05, 4.69) is 20.3 Å². The first-order valence-electron chi connectivity index (χ1n) is 11.0. The van der Waals surface area contributed by atoms with Gasteiger partial charge in [0.25, 0.3) is 0 Å². The van der Waals surface area contributed by atoms with E-state index in [0.29, 0.717) is 38.7 Å². The number of hydrogen-bond acceptors (Lipinski definition) is 9. The lowest BCUT2D eigenvalue weighted by Crippen LogP contribution is -2.04. The number of aromatic nitrogens is 3. The molecular formula is C23H24N6O6. The molecule has 12 nitrogen and oxygen atoms in total. The predicted octanol–water partition coefficient (Wildman–Crippen LogP) is 4.16. The van der Waals surface area contributed by atoms with Crippen LogP contribution in [-0.4, -0.2) is 54.0 Å². The zero-order chi connectivity index (χ0) is 24.5. The lowest BCUT2D eigenvalue weighted by molar-refractivity contribution is -0.0443. The van der Waals surface area contributed by atoms with Gasteiger partial charge in [-0.05, 0) is 24.6 Å². The van der Waals surface area contributed by atoms with Crippen LogP contribution in [0.5, 0.6) is 0 Å². The molecule has 5 rings (SSSR count). The summed E-state index contributed by atoms with van der Waals surface area (Å²) in [6, 6.07) is 14.7. The molecule has 12 heteroatoms. The van der Waals surface area contributed by atoms with Crippen LogP contribution in [-0.2, 0) is 23.7 Å². The molecule has 2 aliphatic rings. The van der Waals surface area contributed by atoms with Crippen LogP contribution < -0.4 is 0 Å². The number of ether oxygens (including phenoxy) is 5. The largest absolute Gasteiger partial charge is 0.461 e. The van der Waals surface area contributed by atoms with Gasteiger partial charge in [-0.3, -0.25) is 0 Å². The number of nitrogens with zero attached hydrogens (tertiary/aromatic N) is 6. The quantitative estimate of drug-likeness (QED) is 0.221. The van der Waals surface area contributed by atoms with E-state index in [1.807, 2.05) is 36.4 Å². The van der Waals surface area contributed by atoms with Gasteiger partial charge in [0.15, 0.2) is 18.3 Å². The normalized spacial score (nSPS) is 15.8. The third-order valence-corrected chi connectivity index (χ3v) is 4.98. The maximum Gasteiger partial charge on any atom is 0.360 e. The Hall–Kier alpha value is -3.80. The van der Waals surface area contributed by atoms with Crippen LogP contribution in [0, 0.1) is 0 Å². The van der Waals surface area contributed by atoms with Crippen molar-refractivity contribution in [2.45, 2.75) is 19.5 Å². The fraction of sp³-hybridized carbons (Fsp3) is 0.348. The molecule has 2 aromatic carbocycles. The fourth-order valence-electron chi connectivity index (χ4n) is 3.32. The summed E-state index contributed by atoms with van der Waals surface area (Å²) in [5, 5.41) is 11.2. The summed E-state index contributed by atoms with van der Waals surface area (Å²) in [7, 11) is 0. The molecule has 1 aromatic heterocycles. The van der Waals surface area contributed by atoms with Crippen molar-refractivity contribution >= 4 is 11.7 Å². The third kappa shape index (κ3) is 6.41. The van der Waals surface area contributed by atoms with Gasteiger partial charge in [0, 0.05) is 21.7 Å². The third-order valence-electron chi connectivity index (χ3n) is 4.98. The highest BCUT2D eigenvalue weighted by Gasteiger charge is 2.19. The van der Waals surface area contributed by atoms with E-state index in [0.717, 1.165) is 16.8 Å². The van der Waals surface area contributed by atoms with Crippen LogP contribution in [0.3, 0.4) is 0 Å². The highest BCUT2D eigenvalue weighted by atomic mass is 16.7. The molecule has 0 amide bonds. The number of hydrogen-bond donors (Lipinski definition) is 0. The van der Waals surface area contributed by atoms with Crippen molar-refractivity contribution in [1.82, 2.24) is 15.0 Å². The topological polar surface area (TPSA) is 143 Å². The highest BCUT2D eigenvalue weighted by molar-refractivity contribution is 5.86. The molecule has 182 valence electrons. The molecule has 0 atom stereocenters. The summed E-state index contributed by atoms with van der Waals surface area (Å²) in [5.74, 6) is -0.479. The fourth-order valence-corrected chi connectivity index (χ4v) is 3.32. The van der Waals surface area contributed by atoms with Gasteiger partial charge in [-0.1, -0.05) is 46.7 Å². The van der Waals surface area contributed by atoms with Crippen LogP contribution in [0.25, 0.3) is 16.1 Å². The number of carbonyl (C=O) groups excluding carboxylic acids is 1. The summed E-state index contributed by atoms with van der Waals surface area (Å²) in [6.07, 6.45) is 0.968. The van der Waals surface area contributed by atoms with Crippen LogP contribution in [0.1, 0.15) is 41.1 Å². The Morgan fingerprint density at radius 1 is 1.00 bits per heavy atom. The molecule has 0 spiro atoms. The summed E-state index contributed by atoms with van der Waals surface area (Å²) in [5.41, 5.74) is 11.7. The lowest BCUT2D eigenvalue weighted by atomic mass is 10.2. The zero-order valence-corrected chi connectivity index (χ0v) is 19.0.